The smallest absolute Gasteiger partial charge is 0.266 e. The van der Waals surface area contributed by atoms with Crippen molar-refractivity contribution in [2.75, 3.05) is 71.0 Å². The zero-order valence-corrected chi connectivity index (χ0v) is 16.7. The average Bonchev–Trinajstić information content (AvgIpc) is 3.02. The van der Waals surface area contributed by atoms with Gasteiger partial charge in [0.1, 0.15) is 11.6 Å². The lowest BCUT2D eigenvalue weighted by Gasteiger charge is -2.34. The number of nitriles is 1. The molecule has 0 aliphatic carbocycles. The van der Waals surface area contributed by atoms with Gasteiger partial charge in [0.05, 0.1) is 18.1 Å². The summed E-state index contributed by atoms with van der Waals surface area (Å²) in [6, 6.07) is 1.76. The van der Waals surface area contributed by atoms with Gasteiger partial charge in [0.25, 0.3) is 5.91 Å². The predicted octanol–water partition coefficient (Wildman–Crippen LogP) is -1.37. The number of nitrogens with two attached hydrogens (primary N) is 1. The standard InChI is InChI=1S/C17H29N5O4S/c1-26-10-9-22(16-2-11-27(24,25)14-16)13-15(12-19)17(23)21-7-5-20(4-3-18)6-8-21/h13,16H,2-11,14,18H2,1H3/b15-13-. The van der Waals surface area contributed by atoms with Gasteiger partial charge in [-0.15, -0.1) is 0 Å². The Morgan fingerprint density at radius 3 is 2.59 bits per heavy atom. The van der Waals surface area contributed by atoms with E-state index in [1.807, 2.05) is 6.07 Å². The van der Waals surface area contributed by atoms with Crippen LogP contribution in [0.15, 0.2) is 11.8 Å². The number of rotatable bonds is 8. The summed E-state index contributed by atoms with van der Waals surface area (Å²) in [6.07, 6.45) is 2.01. The molecule has 2 rings (SSSR count). The van der Waals surface area contributed by atoms with Crippen molar-refractivity contribution in [3.63, 3.8) is 0 Å². The lowest BCUT2D eigenvalue weighted by atomic mass is 10.2. The van der Waals surface area contributed by atoms with Crippen molar-refractivity contribution in [2.45, 2.75) is 12.5 Å². The lowest BCUT2D eigenvalue weighted by Crippen LogP contribution is -2.50. The molecular formula is C17H29N5O4S. The minimum Gasteiger partial charge on any atom is -0.383 e. The molecule has 0 spiro atoms. The van der Waals surface area contributed by atoms with E-state index >= 15 is 0 Å². The first-order valence-corrected chi connectivity index (χ1v) is 11.0. The molecule has 1 atom stereocenters. The molecule has 0 saturated carbocycles. The van der Waals surface area contributed by atoms with Gasteiger partial charge in [0.15, 0.2) is 9.84 Å². The van der Waals surface area contributed by atoms with Gasteiger partial charge in [-0.25, -0.2) is 8.42 Å². The molecule has 1 amide bonds. The lowest BCUT2D eigenvalue weighted by molar-refractivity contribution is -0.128. The summed E-state index contributed by atoms with van der Waals surface area (Å²) < 4.78 is 28.7. The van der Waals surface area contributed by atoms with Crippen LogP contribution >= 0.6 is 0 Å². The topological polar surface area (TPSA) is 120 Å². The highest BCUT2D eigenvalue weighted by Crippen LogP contribution is 2.19. The number of amides is 1. The van der Waals surface area contributed by atoms with Crippen molar-refractivity contribution in [2.24, 2.45) is 5.73 Å². The maximum Gasteiger partial charge on any atom is 0.266 e. The van der Waals surface area contributed by atoms with E-state index in [4.69, 9.17) is 10.5 Å². The van der Waals surface area contributed by atoms with Crippen LogP contribution in [-0.4, -0.2) is 106 Å². The van der Waals surface area contributed by atoms with Gasteiger partial charge in [0.2, 0.25) is 0 Å². The van der Waals surface area contributed by atoms with E-state index in [1.54, 1.807) is 16.9 Å². The second-order valence-corrected chi connectivity index (χ2v) is 9.09. The fourth-order valence-corrected chi connectivity index (χ4v) is 5.15. The summed E-state index contributed by atoms with van der Waals surface area (Å²) in [4.78, 5) is 18.4. The molecule has 152 valence electrons. The third kappa shape index (κ3) is 6.17. The van der Waals surface area contributed by atoms with Crippen molar-refractivity contribution < 1.29 is 17.9 Å². The molecule has 9 nitrogen and oxygen atoms in total. The second-order valence-electron chi connectivity index (χ2n) is 6.86. The zero-order valence-electron chi connectivity index (χ0n) is 15.8. The van der Waals surface area contributed by atoms with Crippen LogP contribution < -0.4 is 5.73 Å². The number of sulfone groups is 1. The average molecular weight is 400 g/mol. The fraction of sp³-hybridized carbons (Fsp3) is 0.765. The van der Waals surface area contributed by atoms with Crippen molar-refractivity contribution in [1.29, 1.82) is 5.26 Å². The molecule has 0 aromatic rings. The van der Waals surface area contributed by atoms with Crippen LogP contribution in [0.2, 0.25) is 0 Å². The van der Waals surface area contributed by atoms with Gasteiger partial charge in [-0.05, 0) is 6.42 Å². The maximum absolute atomic E-state index is 12.8. The summed E-state index contributed by atoms with van der Waals surface area (Å²) in [5.74, 6) is -0.139. The Bertz CT molecular complexity index is 680. The Labute approximate surface area is 161 Å². The molecule has 1 unspecified atom stereocenters. The number of hydrogen-bond donors (Lipinski definition) is 1. The van der Waals surface area contributed by atoms with E-state index < -0.39 is 9.84 Å². The highest BCUT2D eigenvalue weighted by Gasteiger charge is 2.32. The number of hydrogen-bond acceptors (Lipinski definition) is 8. The molecule has 2 N–H and O–H groups in total. The Morgan fingerprint density at radius 1 is 1.37 bits per heavy atom. The first-order valence-electron chi connectivity index (χ1n) is 9.19. The molecular weight excluding hydrogens is 370 g/mol. The van der Waals surface area contributed by atoms with Gasteiger partial charge >= 0.3 is 0 Å². The molecule has 2 aliphatic rings. The zero-order chi connectivity index (χ0) is 19.9. The van der Waals surface area contributed by atoms with Crippen molar-refractivity contribution in [3.8, 4) is 6.07 Å². The van der Waals surface area contributed by atoms with E-state index in [9.17, 15) is 18.5 Å². The Morgan fingerprint density at radius 2 is 2.07 bits per heavy atom. The molecule has 10 heteroatoms. The number of carbonyl (C=O) groups is 1. The van der Waals surface area contributed by atoms with Gasteiger partial charge < -0.3 is 20.3 Å². The highest BCUT2D eigenvalue weighted by atomic mass is 32.2. The fourth-order valence-electron chi connectivity index (χ4n) is 3.41. The summed E-state index contributed by atoms with van der Waals surface area (Å²) in [5, 5.41) is 9.51. The van der Waals surface area contributed by atoms with Crippen LogP contribution in [0.4, 0.5) is 0 Å². The number of methoxy groups -OCH3 is 1. The number of carbonyl (C=O) groups excluding carboxylic acids is 1. The van der Waals surface area contributed by atoms with Crippen LogP contribution in [0.3, 0.4) is 0 Å². The molecule has 2 fully saturated rings. The number of nitrogens with zero attached hydrogens (tertiary/aromatic N) is 4. The van der Waals surface area contributed by atoms with Gasteiger partial charge in [0, 0.05) is 65.2 Å². The van der Waals surface area contributed by atoms with Gasteiger partial charge in [-0.2, -0.15) is 5.26 Å². The van der Waals surface area contributed by atoms with E-state index in [1.165, 1.54) is 6.20 Å². The Kier molecular flexibility index (Phi) is 8.04. The van der Waals surface area contributed by atoms with E-state index in [2.05, 4.69) is 4.90 Å². The highest BCUT2D eigenvalue weighted by molar-refractivity contribution is 7.91. The van der Waals surface area contributed by atoms with E-state index in [0.717, 1.165) is 19.6 Å². The van der Waals surface area contributed by atoms with Crippen LogP contribution in [0.1, 0.15) is 6.42 Å². The molecule has 0 radical (unpaired) electrons. The third-order valence-corrected chi connectivity index (χ3v) is 6.73. The first kappa shape index (κ1) is 21.6. The van der Waals surface area contributed by atoms with Crippen LogP contribution in [-0.2, 0) is 19.4 Å². The number of ether oxygens (including phenoxy) is 1. The summed E-state index contributed by atoms with van der Waals surface area (Å²) in [5.41, 5.74) is 5.59. The Balaban J connectivity index is 2.08. The van der Waals surface area contributed by atoms with Crippen LogP contribution in [0.25, 0.3) is 0 Å². The molecule has 0 aromatic carbocycles. The molecule has 2 saturated heterocycles. The minimum atomic E-state index is -3.07. The first-order chi connectivity index (χ1) is 12.9. The van der Waals surface area contributed by atoms with Crippen molar-refractivity contribution in [1.82, 2.24) is 14.7 Å². The summed E-state index contributed by atoms with van der Waals surface area (Å²) in [6.45, 7) is 4.75. The molecule has 0 bridgehead atoms. The van der Waals surface area contributed by atoms with Crippen LogP contribution in [0, 0.1) is 11.3 Å². The number of piperazine rings is 1. The summed E-state index contributed by atoms with van der Waals surface area (Å²) >= 11 is 0. The summed E-state index contributed by atoms with van der Waals surface area (Å²) in [7, 11) is -1.51. The second kappa shape index (κ2) is 10.0. The quantitative estimate of drug-likeness (QED) is 0.392. The van der Waals surface area contributed by atoms with Crippen molar-refractivity contribution in [3.05, 3.63) is 11.8 Å². The molecule has 2 heterocycles. The van der Waals surface area contributed by atoms with Crippen molar-refractivity contribution >= 4 is 15.7 Å². The Hall–Kier alpha value is -1.67. The molecule has 0 aromatic heterocycles. The monoisotopic (exact) mass is 399 g/mol. The third-order valence-electron chi connectivity index (χ3n) is 4.98. The molecule has 2 aliphatic heterocycles. The van der Waals surface area contributed by atoms with Gasteiger partial charge in [-0.3, -0.25) is 9.69 Å². The normalized spacial score (nSPS) is 23.2. The maximum atomic E-state index is 12.8. The van der Waals surface area contributed by atoms with E-state index in [0.29, 0.717) is 39.2 Å². The minimum absolute atomic E-state index is 0.0303. The largest absolute Gasteiger partial charge is 0.383 e. The molecule has 27 heavy (non-hydrogen) atoms. The van der Waals surface area contributed by atoms with Crippen LogP contribution in [0.5, 0.6) is 0 Å². The predicted molar refractivity (Wildman–Crippen MR) is 101 cm³/mol. The SMILES string of the molecule is COCCN(/C=C(/C#N)C(=O)N1CCN(CCN)CC1)C1CCS(=O)(=O)C1. The van der Waals surface area contributed by atoms with E-state index in [-0.39, 0.29) is 29.0 Å². The van der Waals surface area contributed by atoms with Gasteiger partial charge in [-0.1, -0.05) is 0 Å².